The van der Waals surface area contributed by atoms with Gasteiger partial charge in [-0.1, -0.05) is 17.7 Å². The van der Waals surface area contributed by atoms with Gasteiger partial charge in [-0.3, -0.25) is 0 Å². The van der Waals surface area contributed by atoms with Crippen LogP contribution < -0.4 is 0 Å². The van der Waals surface area contributed by atoms with Gasteiger partial charge < -0.3 is 4.55 Å². The molecule has 1 aliphatic rings. The molecule has 1 radical (unpaired) electrons. The summed E-state index contributed by atoms with van der Waals surface area (Å²) in [5, 5.41) is 0. The summed E-state index contributed by atoms with van der Waals surface area (Å²) in [5.41, 5.74) is 0.928. The Balaban J connectivity index is 0.000000204. The molecule has 0 amide bonds. The molecule has 109 valence electrons. The van der Waals surface area contributed by atoms with Crippen LogP contribution >= 0.6 is 0 Å². The number of nitrogens with zero attached hydrogens (tertiary/aromatic N) is 2. The van der Waals surface area contributed by atoms with Gasteiger partial charge in [0.2, 0.25) is 0 Å². The second-order valence-electron chi connectivity index (χ2n) is 4.50. The van der Waals surface area contributed by atoms with E-state index in [0.29, 0.717) is 0 Å². The van der Waals surface area contributed by atoms with E-state index in [9.17, 15) is 13.0 Å². The normalized spacial score (nSPS) is 14.1. The van der Waals surface area contributed by atoms with E-state index in [-0.39, 0.29) is 26.5 Å². The van der Waals surface area contributed by atoms with E-state index in [2.05, 4.69) is 40.8 Å². The fourth-order valence-corrected chi connectivity index (χ4v) is 4.47. The maximum absolute atomic E-state index is 10.4. The molecule has 7 heteroatoms. The molecule has 0 N–H and O–H groups in total. The first kappa shape index (κ1) is 17.2. The minimum Gasteiger partial charge on any atom is -0.744 e. The molecule has 5 nitrogen and oxygen atoms in total. The van der Waals surface area contributed by atoms with E-state index < -0.39 is 10.1 Å². The molecule has 1 aliphatic heterocycles. The maximum atomic E-state index is 10.4. The second kappa shape index (κ2) is 7.25. The summed E-state index contributed by atoms with van der Waals surface area (Å²) in [6, 6.07) is 5.78. The summed E-state index contributed by atoms with van der Waals surface area (Å²) in [6.45, 7) is 1.82. The number of aryl methyl sites for hydroxylation is 1. The SMILES string of the molecule is CN1C=[CH][Sb][C]1=[N+](C)C.Cc1ccc(S(=O)(=O)[O-])cc1. The summed E-state index contributed by atoms with van der Waals surface area (Å²) in [5.74, 6) is 0. The molecule has 0 saturated heterocycles. The molecule has 0 spiro atoms. The van der Waals surface area contributed by atoms with Crippen molar-refractivity contribution in [1.29, 1.82) is 0 Å². The topological polar surface area (TPSA) is 63.5 Å². The van der Waals surface area contributed by atoms with E-state index >= 15 is 0 Å². The molecule has 0 fully saturated rings. The Labute approximate surface area is 130 Å². The first-order valence-electron chi connectivity index (χ1n) is 5.89. The van der Waals surface area contributed by atoms with Crippen molar-refractivity contribution in [1.82, 2.24) is 4.90 Å². The van der Waals surface area contributed by atoms with Gasteiger partial charge in [0.25, 0.3) is 0 Å². The number of hydrogen-bond donors (Lipinski definition) is 0. The third kappa shape index (κ3) is 5.27. The molecule has 0 unspecified atom stereocenters. The fraction of sp³-hybridized carbons (Fsp3) is 0.308. The van der Waals surface area contributed by atoms with Crippen LogP contribution in [-0.2, 0) is 10.1 Å². The average Bonchev–Trinajstić information content (AvgIpc) is 2.76. The smallest absolute Gasteiger partial charge is 0.124 e. The van der Waals surface area contributed by atoms with Gasteiger partial charge in [-0.2, -0.15) is 0 Å². The molecule has 0 saturated carbocycles. The predicted molar refractivity (Wildman–Crippen MR) is 78.9 cm³/mol. The van der Waals surface area contributed by atoms with Gasteiger partial charge in [0.15, 0.2) is 0 Å². The first-order chi connectivity index (χ1) is 9.21. The summed E-state index contributed by atoms with van der Waals surface area (Å²) < 4.78 is 37.2. The molecule has 0 aliphatic carbocycles. The Morgan fingerprint density at radius 3 is 2.05 bits per heavy atom. The molecule has 1 aromatic rings. The van der Waals surface area contributed by atoms with Gasteiger partial charge in [0.1, 0.15) is 10.1 Å². The number of hydrogen-bond acceptors (Lipinski definition) is 3. The minimum atomic E-state index is -4.27. The van der Waals surface area contributed by atoms with Crippen LogP contribution in [0.3, 0.4) is 0 Å². The average molecular weight is 404 g/mol. The zero-order valence-electron chi connectivity index (χ0n) is 11.9. The van der Waals surface area contributed by atoms with Gasteiger partial charge >= 0.3 is 66.2 Å². The van der Waals surface area contributed by atoms with Crippen molar-refractivity contribution in [3.8, 4) is 0 Å². The van der Waals surface area contributed by atoms with Crippen molar-refractivity contribution >= 4 is 35.5 Å². The molecule has 1 heterocycles. The standard InChI is InChI=1S/C7H8O3S.C6H11N2.Sb/c1-6-2-4-7(5-3-6)11(8,9)10;1-5-8(4)6-7(2)3;/h2-5H,1H3,(H,8,9,10);1,5H,2-4H3;/q;+1;/p-1. The Morgan fingerprint density at radius 1 is 1.20 bits per heavy atom. The van der Waals surface area contributed by atoms with Crippen LogP contribution in [0.4, 0.5) is 0 Å². The zero-order valence-corrected chi connectivity index (χ0v) is 15.3. The van der Waals surface area contributed by atoms with Crippen molar-refractivity contribution in [2.45, 2.75) is 11.8 Å². The Morgan fingerprint density at radius 2 is 1.75 bits per heavy atom. The van der Waals surface area contributed by atoms with E-state index in [0.717, 1.165) is 5.56 Å². The van der Waals surface area contributed by atoms with Crippen LogP contribution in [0.15, 0.2) is 39.4 Å². The van der Waals surface area contributed by atoms with Crippen LogP contribution in [0.1, 0.15) is 5.56 Å². The summed E-state index contributed by atoms with van der Waals surface area (Å²) >= 11 is -0.140. The quantitative estimate of drug-likeness (QED) is 0.392. The third-order valence-corrected chi connectivity index (χ3v) is 6.86. The van der Waals surface area contributed by atoms with Crippen molar-refractivity contribution < 1.29 is 17.5 Å². The van der Waals surface area contributed by atoms with Crippen LogP contribution in [0.25, 0.3) is 0 Å². The molecule has 1 aromatic carbocycles. The molecule has 20 heavy (non-hydrogen) atoms. The minimum absolute atomic E-state index is 0.140. The van der Waals surface area contributed by atoms with Gasteiger partial charge in [0.05, 0.1) is 4.90 Å². The van der Waals surface area contributed by atoms with E-state index in [1.54, 1.807) is 12.1 Å². The van der Waals surface area contributed by atoms with E-state index in [4.69, 9.17) is 0 Å². The molecular formula is C13H18N2O3SSb. The van der Waals surface area contributed by atoms with Crippen LogP contribution in [0.5, 0.6) is 0 Å². The van der Waals surface area contributed by atoms with Gasteiger partial charge in [-0.05, 0) is 19.1 Å². The van der Waals surface area contributed by atoms with Crippen LogP contribution in [-0.4, -0.2) is 69.0 Å². The number of rotatable bonds is 1. The third-order valence-electron chi connectivity index (χ3n) is 2.51. The largest absolute Gasteiger partial charge is 0.744 e. The molecule has 0 bridgehead atoms. The molecular weight excluding hydrogens is 386 g/mol. The Bertz CT molecular complexity index is 618. The van der Waals surface area contributed by atoms with Crippen molar-refractivity contribution in [2.24, 2.45) is 0 Å². The van der Waals surface area contributed by atoms with Crippen molar-refractivity contribution in [3.63, 3.8) is 0 Å². The Hall–Kier alpha value is -0.842. The Kier molecular flexibility index (Phi) is 6.24. The number of benzene rings is 1. The molecule has 2 rings (SSSR count). The maximum Gasteiger partial charge on any atom is 0.124 e. The predicted octanol–water partition coefficient (Wildman–Crippen LogP) is 0.634. The monoisotopic (exact) mass is 403 g/mol. The van der Waals surface area contributed by atoms with Crippen LogP contribution in [0, 0.1) is 6.92 Å². The molecule has 0 atom stereocenters. The molecule has 0 aromatic heterocycles. The summed E-state index contributed by atoms with van der Waals surface area (Å²) in [6.07, 6.45) is 2.16. The fourth-order valence-electron chi connectivity index (χ4n) is 1.49. The van der Waals surface area contributed by atoms with Crippen LogP contribution in [0.2, 0.25) is 0 Å². The van der Waals surface area contributed by atoms with E-state index in [1.165, 1.54) is 15.9 Å². The van der Waals surface area contributed by atoms with Crippen molar-refractivity contribution in [2.75, 3.05) is 21.1 Å². The number of amidine groups is 1. The first-order valence-corrected chi connectivity index (χ1v) is 10.0. The summed E-state index contributed by atoms with van der Waals surface area (Å²) in [7, 11) is 2.05. The summed E-state index contributed by atoms with van der Waals surface area (Å²) in [4.78, 5) is 2.03. The van der Waals surface area contributed by atoms with Gasteiger partial charge in [0, 0.05) is 0 Å². The zero-order chi connectivity index (χ0) is 15.3. The van der Waals surface area contributed by atoms with Crippen molar-refractivity contribution in [3.05, 3.63) is 40.1 Å². The van der Waals surface area contributed by atoms with Gasteiger partial charge in [-0.15, -0.1) is 0 Å². The van der Waals surface area contributed by atoms with Gasteiger partial charge in [-0.25, -0.2) is 8.42 Å². The second-order valence-corrected chi connectivity index (χ2v) is 8.61. The van der Waals surface area contributed by atoms with E-state index in [1.807, 2.05) is 6.92 Å².